The molecule has 0 saturated carbocycles. The summed E-state index contributed by atoms with van der Waals surface area (Å²) in [5, 5.41) is 3.30. The minimum Gasteiger partial charge on any atom is -0.373 e. The quantitative estimate of drug-likeness (QED) is 0.858. The van der Waals surface area contributed by atoms with Crippen LogP contribution < -0.4 is 5.32 Å². The van der Waals surface area contributed by atoms with Crippen molar-refractivity contribution in [1.82, 2.24) is 4.90 Å². The summed E-state index contributed by atoms with van der Waals surface area (Å²) in [4.78, 5) is 25.3. The number of hydrogen-bond acceptors (Lipinski definition) is 3. The van der Waals surface area contributed by atoms with Crippen molar-refractivity contribution in [3.05, 3.63) is 29.3 Å². The molecule has 106 valence electrons. The first-order chi connectivity index (χ1) is 9.70. The second kappa shape index (κ2) is 5.27. The van der Waals surface area contributed by atoms with Crippen molar-refractivity contribution in [2.75, 3.05) is 11.9 Å². The Morgan fingerprint density at radius 3 is 2.80 bits per heavy atom. The Hall–Kier alpha value is -1.84. The number of likely N-dealkylation sites (tertiary alicyclic amines) is 1. The van der Waals surface area contributed by atoms with E-state index < -0.39 is 6.04 Å². The van der Waals surface area contributed by atoms with Crippen molar-refractivity contribution < 1.29 is 9.59 Å². The molecule has 4 heteroatoms. The van der Waals surface area contributed by atoms with Gasteiger partial charge in [0.1, 0.15) is 6.04 Å². The number of benzene rings is 1. The molecule has 1 fully saturated rings. The van der Waals surface area contributed by atoms with E-state index in [1.807, 2.05) is 19.1 Å². The van der Waals surface area contributed by atoms with Crippen LogP contribution in [0.1, 0.15) is 37.3 Å². The third kappa shape index (κ3) is 2.19. The molecule has 2 aliphatic rings. The van der Waals surface area contributed by atoms with E-state index in [0.717, 1.165) is 18.5 Å². The van der Waals surface area contributed by atoms with Gasteiger partial charge in [-0.2, -0.15) is 0 Å². The molecule has 20 heavy (non-hydrogen) atoms. The Labute approximate surface area is 119 Å². The molecular weight excluding hydrogens is 252 g/mol. The highest BCUT2D eigenvalue weighted by Crippen LogP contribution is 2.29. The second-order valence-electron chi connectivity index (χ2n) is 5.53. The molecule has 1 aromatic rings. The van der Waals surface area contributed by atoms with Gasteiger partial charge in [0.05, 0.1) is 6.42 Å². The molecule has 1 N–H and O–H groups in total. The van der Waals surface area contributed by atoms with Crippen molar-refractivity contribution >= 4 is 17.5 Å². The van der Waals surface area contributed by atoms with Gasteiger partial charge in [0.15, 0.2) is 0 Å². The minimum absolute atomic E-state index is 0.0696. The largest absolute Gasteiger partial charge is 0.373 e. The van der Waals surface area contributed by atoms with E-state index in [-0.39, 0.29) is 18.2 Å². The summed E-state index contributed by atoms with van der Waals surface area (Å²) in [7, 11) is 0. The van der Waals surface area contributed by atoms with Crippen LogP contribution in [0.15, 0.2) is 18.2 Å². The van der Waals surface area contributed by atoms with E-state index in [1.165, 1.54) is 28.9 Å². The second-order valence-corrected chi connectivity index (χ2v) is 5.53. The number of anilines is 1. The lowest BCUT2D eigenvalue weighted by Crippen LogP contribution is -2.34. The summed E-state index contributed by atoms with van der Waals surface area (Å²) in [6, 6.07) is 5.83. The normalized spacial score (nSPS) is 22.1. The maximum absolute atomic E-state index is 12.2. The van der Waals surface area contributed by atoms with Gasteiger partial charge in [-0.3, -0.25) is 14.5 Å². The molecule has 1 saturated heterocycles. The third-order valence-corrected chi connectivity index (χ3v) is 4.29. The molecule has 0 radical (unpaired) electrons. The average Bonchev–Trinajstić information content (AvgIpc) is 2.73. The van der Waals surface area contributed by atoms with Crippen LogP contribution in [0.5, 0.6) is 0 Å². The van der Waals surface area contributed by atoms with E-state index in [4.69, 9.17) is 0 Å². The van der Waals surface area contributed by atoms with Crippen LogP contribution in [-0.4, -0.2) is 29.3 Å². The van der Waals surface area contributed by atoms with Gasteiger partial charge in [-0.05, 0) is 49.8 Å². The highest BCUT2D eigenvalue weighted by molar-refractivity contribution is 6.06. The maximum atomic E-state index is 12.2. The van der Waals surface area contributed by atoms with Gasteiger partial charge < -0.3 is 5.32 Å². The molecule has 0 spiro atoms. The Balaban J connectivity index is 1.82. The summed E-state index contributed by atoms with van der Waals surface area (Å²) in [6.45, 7) is 2.30. The third-order valence-electron chi connectivity index (χ3n) is 4.29. The molecule has 1 aromatic carbocycles. The maximum Gasteiger partial charge on any atom is 0.252 e. The first-order valence-electron chi connectivity index (χ1n) is 7.42. The van der Waals surface area contributed by atoms with Gasteiger partial charge in [-0.25, -0.2) is 0 Å². The van der Waals surface area contributed by atoms with Crippen molar-refractivity contribution in [3.8, 4) is 0 Å². The number of likely N-dealkylation sites (N-methyl/N-ethyl adjacent to an activating group) is 1. The van der Waals surface area contributed by atoms with Crippen LogP contribution in [0.4, 0.5) is 5.69 Å². The van der Waals surface area contributed by atoms with E-state index >= 15 is 0 Å². The molecule has 0 aromatic heterocycles. The van der Waals surface area contributed by atoms with Crippen LogP contribution in [0.3, 0.4) is 0 Å². The molecular formula is C16H20N2O2. The fraction of sp³-hybridized carbons (Fsp3) is 0.500. The topological polar surface area (TPSA) is 49.4 Å². The van der Waals surface area contributed by atoms with E-state index in [0.29, 0.717) is 6.54 Å². The summed E-state index contributed by atoms with van der Waals surface area (Å²) < 4.78 is 0. The van der Waals surface area contributed by atoms with Gasteiger partial charge in [0.2, 0.25) is 5.91 Å². The number of amides is 2. The molecule has 1 aliphatic carbocycles. The highest BCUT2D eigenvalue weighted by atomic mass is 16.2. The molecule has 1 heterocycles. The van der Waals surface area contributed by atoms with Crippen LogP contribution in [0, 0.1) is 0 Å². The monoisotopic (exact) mass is 272 g/mol. The molecule has 1 aliphatic heterocycles. The zero-order valence-corrected chi connectivity index (χ0v) is 11.8. The van der Waals surface area contributed by atoms with Crippen molar-refractivity contribution in [2.24, 2.45) is 0 Å². The van der Waals surface area contributed by atoms with Gasteiger partial charge in [-0.15, -0.1) is 0 Å². The Bertz CT molecular complexity index is 553. The summed E-state index contributed by atoms with van der Waals surface area (Å²) in [5.41, 5.74) is 3.74. The highest BCUT2D eigenvalue weighted by Gasteiger charge is 2.37. The van der Waals surface area contributed by atoms with Crippen LogP contribution in [0.25, 0.3) is 0 Å². The zero-order valence-electron chi connectivity index (χ0n) is 11.8. The van der Waals surface area contributed by atoms with Gasteiger partial charge in [0.25, 0.3) is 5.91 Å². The van der Waals surface area contributed by atoms with E-state index in [2.05, 4.69) is 11.4 Å². The molecule has 0 bridgehead atoms. The number of carbonyl (C=O) groups excluding carboxylic acids is 2. The zero-order chi connectivity index (χ0) is 14.1. The van der Waals surface area contributed by atoms with Gasteiger partial charge in [0, 0.05) is 12.2 Å². The fourth-order valence-corrected chi connectivity index (χ4v) is 3.23. The molecule has 1 unspecified atom stereocenters. The molecule has 4 nitrogen and oxygen atoms in total. The number of nitrogens with one attached hydrogen (secondary N) is 1. The number of aryl methyl sites for hydroxylation is 1. The number of carbonyl (C=O) groups is 2. The fourth-order valence-electron chi connectivity index (χ4n) is 3.23. The lowest BCUT2D eigenvalue weighted by molar-refractivity contribution is -0.138. The standard InChI is InChI=1S/C16H20N2O2/c1-2-18-15(19)10-14(16(18)20)17-13-9-5-7-11-6-3-4-8-12(11)13/h5,7,9,14,17H,2-4,6,8,10H2,1H3. The van der Waals surface area contributed by atoms with E-state index in [9.17, 15) is 9.59 Å². The number of imide groups is 1. The van der Waals surface area contributed by atoms with Gasteiger partial charge >= 0.3 is 0 Å². The predicted molar refractivity (Wildman–Crippen MR) is 77.5 cm³/mol. The van der Waals surface area contributed by atoms with Gasteiger partial charge in [-0.1, -0.05) is 12.1 Å². The smallest absolute Gasteiger partial charge is 0.252 e. The Morgan fingerprint density at radius 2 is 2.05 bits per heavy atom. The minimum atomic E-state index is -0.393. The number of nitrogens with zero attached hydrogens (tertiary/aromatic N) is 1. The van der Waals surface area contributed by atoms with Crippen molar-refractivity contribution in [2.45, 2.75) is 45.1 Å². The Morgan fingerprint density at radius 1 is 1.25 bits per heavy atom. The first-order valence-corrected chi connectivity index (χ1v) is 7.42. The molecule has 1 atom stereocenters. The van der Waals surface area contributed by atoms with Crippen molar-refractivity contribution in [1.29, 1.82) is 0 Å². The molecule has 3 rings (SSSR count). The lowest BCUT2D eigenvalue weighted by atomic mass is 9.90. The lowest BCUT2D eigenvalue weighted by Gasteiger charge is -2.22. The number of rotatable bonds is 3. The first kappa shape index (κ1) is 13.2. The average molecular weight is 272 g/mol. The summed E-state index contributed by atoms with van der Waals surface area (Å²) >= 11 is 0. The SMILES string of the molecule is CCN1C(=O)CC(Nc2cccc3c2CCCC3)C1=O. The Kier molecular flexibility index (Phi) is 3.47. The number of fused-ring (bicyclic) bond motifs is 1. The van der Waals surface area contributed by atoms with Crippen molar-refractivity contribution in [3.63, 3.8) is 0 Å². The summed E-state index contributed by atoms with van der Waals surface area (Å²) in [5.74, 6) is -0.161. The van der Waals surface area contributed by atoms with Crippen LogP contribution in [0.2, 0.25) is 0 Å². The predicted octanol–water partition coefficient (Wildman–Crippen LogP) is 2.12. The van der Waals surface area contributed by atoms with Crippen LogP contribution in [-0.2, 0) is 22.4 Å². The number of hydrogen-bond donors (Lipinski definition) is 1. The summed E-state index contributed by atoms with van der Waals surface area (Å²) in [6.07, 6.45) is 4.88. The molecule has 2 amide bonds. The van der Waals surface area contributed by atoms with Crippen LogP contribution >= 0.6 is 0 Å². The van der Waals surface area contributed by atoms with E-state index in [1.54, 1.807) is 0 Å².